The van der Waals surface area contributed by atoms with Crippen molar-refractivity contribution >= 4 is 40.1 Å². The van der Waals surface area contributed by atoms with Gasteiger partial charge in [0.15, 0.2) is 0 Å². The highest BCUT2D eigenvalue weighted by Gasteiger charge is 2.29. The first kappa shape index (κ1) is 14.7. The Kier molecular flexibility index (Phi) is 4.20. The van der Waals surface area contributed by atoms with Gasteiger partial charge in [0.05, 0.1) is 10.3 Å². The number of piperidine rings is 1. The standard InChI is InChI=1S/C16H14N2O3S/c19-13-7-6-12(16(21)18-13)22-15-9-11(8-14(20)17-15)10-4-2-1-3-5-10/h1-5,8,12H,6-7,9H2,(H,18,19,21). The number of allylic oxidation sites excluding steroid dienone is 1. The SMILES string of the molecule is O=C1C=C(c2ccccc2)CC(SC2CCC(=O)NC2=O)=N1. The van der Waals surface area contributed by atoms with Crippen molar-refractivity contribution < 1.29 is 14.4 Å². The van der Waals surface area contributed by atoms with Gasteiger partial charge in [-0.2, -0.15) is 0 Å². The van der Waals surface area contributed by atoms with Crippen LogP contribution in [0.3, 0.4) is 0 Å². The second-order valence-electron chi connectivity index (χ2n) is 5.11. The van der Waals surface area contributed by atoms with E-state index in [0.29, 0.717) is 24.3 Å². The van der Waals surface area contributed by atoms with E-state index in [4.69, 9.17) is 0 Å². The Morgan fingerprint density at radius 1 is 1.14 bits per heavy atom. The molecule has 0 aromatic heterocycles. The summed E-state index contributed by atoms with van der Waals surface area (Å²) in [6, 6.07) is 9.64. The minimum absolute atomic E-state index is 0.242. The Balaban J connectivity index is 1.72. The monoisotopic (exact) mass is 314 g/mol. The van der Waals surface area contributed by atoms with Crippen LogP contribution in [0.25, 0.3) is 5.57 Å². The van der Waals surface area contributed by atoms with Gasteiger partial charge in [0.2, 0.25) is 11.8 Å². The predicted molar refractivity (Wildman–Crippen MR) is 85.2 cm³/mol. The molecule has 0 radical (unpaired) electrons. The molecule has 22 heavy (non-hydrogen) atoms. The van der Waals surface area contributed by atoms with E-state index in [-0.39, 0.29) is 23.0 Å². The molecule has 1 aromatic carbocycles. The predicted octanol–water partition coefficient (Wildman–Crippen LogP) is 1.94. The molecule has 2 heterocycles. The number of carbonyl (C=O) groups is 3. The molecule has 0 spiro atoms. The highest BCUT2D eigenvalue weighted by Crippen LogP contribution is 2.30. The lowest BCUT2D eigenvalue weighted by atomic mass is 10.0. The van der Waals surface area contributed by atoms with E-state index < -0.39 is 0 Å². The highest BCUT2D eigenvalue weighted by molar-refractivity contribution is 8.15. The van der Waals surface area contributed by atoms with Gasteiger partial charge in [0.25, 0.3) is 5.91 Å². The fraction of sp³-hybridized carbons (Fsp3) is 0.250. The van der Waals surface area contributed by atoms with Crippen molar-refractivity contribution in [3.05, 3.63) is 42.0 Å². The molecule has 0 saturated carbocycles. The number of dihydropyridines is 1. The zero-order valence-electron chi connectivity index (χ0n) is 11.7. The van der Waals surface area contributed by atoms with Crippen molar-refractivity contribution in [1.29, 1.82) is 0 Å². The van der Waals surface area contributed by atoms with Crippen LogP contribution in [0.5, 0.6) is 0 Å². The van der Waals surface area contributed by atoms with Crippen LogP contribution in [-0.2, 0) is 14.4 Å². The number of nitrogens with one attached hydrogen (secondary N) is 1. The third kappa shape index (κ3) is 3.33. The quantitative estimate of drug-likeness (QED) is 0.846. The lowest BCUT2D eigenvalue weighted by molar-refractivity contribution is -0.132. The molecule has 1 N–H and O–H groups in total. The average molecular weight is 314 g/mol. The minimum Gasteiger partial charge on any atom is -0.295 e. The summed E-state index contributed by atoms with van der Waals surface area (Å²) in [6.45, 7) is 0. The van der Waals surface area contributed by atoms with E-state index in [1.807, 2.05) is 30.3 Å². The van der Waals surface area contributed by atoms with E-state index in [9.17, 15) is 14.4 Å². The summed E-state index contributed by atoms with van der Waals surface area (Å²) < 4.78 is 0. The van der Waals surface area contributed by atoms with Crippen LogP contribution < -0.4 is 5.32 Å². The van der Waals surface area contributed by atoms with Gasteiger partial charge in [0, 0.05) is 18.9 Å². The summed E-state index contributed by atoms with van der Waals surface area (Å²) in [5.41, 5.74) is 1.88. The molecule has 1 saturated heterocycles. The van der Waals surface area contributed by atoms with Crippen molar-refractivity contribution in [1.82, 2.24) is 5.32 Å². The molecule has 1 atom stereocenters. The van der Waals surface area contributed by atoms with E-state index >= 15 is 0 Å². The topological polar surface area (TPSA) is 75.6 Å². The largest absolute Gasteiger partial charge is 0.295 e. The Morgan fingerprint density at radius 2 is 1.91 bits per heavy atom. The summed E-state index contributed by atoms with van der Waals surface area (Å²) in [5.74, 6) is -0.847. The molecule has 5 nitrogen and oxygen atoms in total. The second kappa shape index (κ2) is 6.27. The number of aliphatic imine (C=N–C) groups is 1. The first-order valence-electron chi connectivity index (χ1n) is 7.00. The van der Waals surface area contributed by atoms with Crippen molar-refractivity contribution in [2.24, 2.45) is 4.99 Å². The van der Waals surface area contributed by atoms with Crippen molar-refractivity contribution in [2.75, 3.05) is 0 Å². The third-order valence-electron chi connectivity index (χ3n) is 3.49. The van der Waals surface area contributed by atoms with Crippen LogP contribution in [0.15, 0.2) is 41.4 Å². The van der Waals surface area contributed by atoms with Gasteiger partial charge in [-0.05, 0) is 17.6 Å². The van der Waals surface area contributed by atoms with Crippen molar-refractivity contribution in [3.8, 4) is 0 Å². The van der Waals surface area contributed by atoms with Gasteiger partial charge in [-0.3, -0.25) is 19.7 Å². The summed E-state index contributed by atoms with van der Waals surface area (Å²) in [4.78, 5) is 38.8. The van der Waals surface area contributed by atoms with Gasteiger partial charge in [0.1, 0.15) is 0 Å². The van der Waals surface area contributed by atoms with Crippen LogP contribution in [0.1, 0.15) is 24.8 Å². The number of benzene rings is 1. The number of amides is 3. The van der Waals surface area contributed by atoms with Crippen LogP contribution >= 0.6 is 11.8 Å². The molecule has 1 fully saturated rings. The third-order valence-corrected chi connectivity index (χ3v) is 4.73. The van der Waals surface area contributed by atoms with E-state index in [1.165, 1.54) is 17.8 Å². The number of nitrogens with zero attached hydrogens (tertiary/aromatic N) is 1. The molecule has 3 amide bonds. The van der Waals surface area contributed by atoms with E-state index in [1.54, 1.807) is 0 Å². The highest BCUT2D eigenvalue weighted by atomic mass is 32.2. The molecule has 3 rings (SSSR count). The number of thioether (sulfide) groups is 1. The Morgan fingerprint density at radius 3 is 2.64 bits per heavy atom. The minimum atomic E-state index is -0.362. The second-order valence-corrected chi connectivity index (χ2v) is 6.39. The first-order valence-corrected chi connectivity index (χ1v) is 7.87. The van der Waals surface area contributed by atoms with Crippen LogP contribution in [0, 0.1) is 0 Å². The molecule has 2 aliphatic heterocycles. The van der Waals surface area contributed by atoms with Crippen molar-refractivity contribution in [2.45, 2.75) is 24.5 Å². The molecular formula is C16H14N2O3S. The van der Waals surface area contributed by atoms with Crippen LogP contribution in [0.2, 0.25) is 0 Å². The van der Waals surface area contributed by atoms with Gasteiger partial charge in [-0.1, -0.05) is 42.1 Å². The number of imide groups is 1. The maximum Gasteiger partial charge on any atom is 0.270 e. The van der Waals surface area contributed by atoms with Crippen LogP contribution in [0.4, 0.5) is 0 Å². The van der Waals surface area contributed by atoms with Crippen LogP contribution in [-0.4, -0.2) is 28.0 Å². The molecule has 6 heteroatoms. The van der Waals surface area contributed by atoms with Crippen molar-refractivity contribution in [3.63, 3.8) is 0 Å². The number of hydrogen-bond acceptors (Lipinski definition) is 4. The number of carbonyl (C=O) groups excluding carboxylic acids is 3. The summed E-state index contributed by atoms with van der Waals surface area (Å²) in [7, 11) is 0. The Bertz CT molecular complexity index is 695. The molecule has 2 aliphatic rings. The lowest BCUT2D eigenvalue weighted by Gasteiger charge is -2.22. The normalized spacial score (nSPS) is 22.0. The Hall–Kier alpha value is -2.21. The summed E-state index contributed by atoms with van der Waals surface area (Å²) in [6.07, 6.45) is 2.86. The van der Waals surface area contributed by atoms with E-state index in [2.05, 4.69) is 10.3 Å². The number of rotatable bonds is 2. The molecule has 0 aliphatic carbocycles. The molecule has 112 valence electrons. The fourth-order valence-corrected chi connectivity index (χ4v) is 3.53. The lowest BCUT2D eigenvalue weighted by Crippen LogP contribution is -2.42. The maximum absolute atomic E-state index is 11.8. The molecule has 0 bridgehead atoms. The average Bonchev–Trinajstić information content (AvgIpc) is 2.50. The molecule has 1 unspecified atom stereocenters. The van der Waals surface area contributed by atoms with Gasteiger partial charge in [-0.15, -0.1) is 0 Å². The summed E-state index contributed by atoms with van der Waals surface area (Å²) in [5, 5.41) is 2.58. The summed E-state index contributed by atoms with van der Waals surface area (Å²) >= 11 is 1.28. The van der Waals surface area contributed by atoms with Gasteiger partial charge >= 0.3 is 0 Å². The number of hydrogen-bond donors (Lipinski definition) is 1. The zero-order valence-corrected chi connectivity index (χ0v) is 12.6. The zero-order chi connectivity index (χ0) is 15.5. The van der Waals surface area contributed by atoms with Gasteiger partial charge < -0.3 is 0 Å². The molecule has 1 aromatic rings. The maximum atomic E-state index is 11.8. The smallest absolute Gasteiger partial charge is 0.270 e. The fourth-order valence-electron chi connectivity index (χ4n) is 2.41. The van der Waals surface area contributed by atoms with E-state index in [0.717, 1.165) is 11.1 Å². The van der Waals surface area contributed by atoms with Gasteiger partial charge in [-0.25, -0.2) is 4.99 Å². The Labute approximate surface area is 131 Å². The first-order chi connectivity index (χ1) is 10.6. The molecular weight excluding hydrogens is 300 g/mol.